The van der Waals surface area contributed by atoms with Crippen molar-refractivity contribution in [1.29, 1.82) is 0 Å². The van der Waals surface area contributed by atoms with Gasteiger partial charge in [-0.05, 0) is 43.8 Å². The van der Waals surface area contributed by atoms with Crippen molar-refractivity contribution in [2.24, 2.45) is 11.3 Å². The molecular weight excluding hydrogens is 184 g/mol. The van der Waals surface area contributed by atoms with Gasteiger partial charge >= 0.3 is 0 Å². The highest BCUT2D eigenvalue weighted by Gasteiger charge is 2.21. The minimum atomic E-state index is 0.479. The molecule has 1 N–H and O–H groups in total. The maximum atomic E-state index is 3.51. The van der Waals surface area contributed by atoms with E-state index in [2.05, 4.69) is 37.9 Å². The molecule has 1 aliphatic rings. The van der Waals surface area contributed by atoms with Crippen molar-refractivity contribution >= 4 is 0 Å². The fourth-order valence-electron chi connectivity index (χ4n) is 2.23. The summed E-state index contributed by atoms with van der Waals surface area (Å²) in [4.78, 5) is 2.66. The fourth-order valence-corrected chi connectivity index (χ4v) is 2.23. The minimum Gasteiger partial charge on any atom is -0.316 e. The summed E-state index contributed by atoms with van der Waals surface area (Å²) in [5.74, 6) is 0.790. The van der Waals surface area contributed by atoms with Crippen molar-refractivity contribution in [3.8, 4) is 0 Å². The molecule has 1 heterocycles. The SMILES string of the molecule is CCC(C)(C)CN1CCCNCC(C)C1. The van der Waals surface area contributed by atoms with Crippen molar-refractivity contribution in [2.75, 3.05) is 32.7 Å². The first-order chi connectivity index (χ1) is 7.03. The Bertz CT molecular complexity index is 177. The fraction of sp³-hybridized carbons (Fsp3) is 1.00. The Hall–Kier alpha value is -0.0800. The quantitative estimate of drug-likeness (QED) is 0.772. The predicted octanol–water partition coefficient (Wildman–Crippen LogP) is 2.35. The lowest BCUT2D eigenvalue weighted by Gasteiger charge is -2.35. The van der Waals surface area contributed by atoms with Crippen LogP contribution in [0, 0.1) is 11.3 Å². The largest absolute Gasteiger partial charge is 0.316 e. The second-order valence-corrected chi connectivity index (χ2v) is 5.92. The summed E-state index contributed by atoms with van der Waals surface area (Å²) in [5.41, 5.74) is 0.479. The molecule has 0 bridgehead atoms. The van der Waals surface area contributed by atoms with Crippen LogP contribution in [0.2, 0.25) is 0 Å². The summed E-state index contributed by atoms with van der Waals surface area (Å²) in [5, 5.41) is 3.51. The summed E-state index contributed by atoms with van der Waals surface area (Å²) in [6, 6.07) is 0. The molecule has 0 spiro atoms. The third-order valence-electron chi connectivity index (χ3n) is 3.50. The molecule has 2 nitrogen and oxygen atoms in total. The number of nitrogens with zero attached hydrogens (tertiary/aromatic N) is 1. The average Bonchev–Trinajstić information content (AvgIpc) is 2.13. The van der Waals surface area contributed by atoms with Crippen LogP contribution in [0.3, 0.4) is 0 Å². The molecule has 90 valence electrons. The van der Waals surface area contributed by atoms with E-state index in [1.165, 1.54) is 45.6 Å². The van der Waals surface area contributed by atoms with Crippen molar-refractivity contribution in [3.63, 3.8) is 0 Å². The third-order valence-corrected chi connectivity index (χ3v) is 3.50. The van der Waals surface area contributed by atoms with Gasteiger partial charge in [-0.1, -0.05) is 27.7 Å². The van der Waals surface area contributed by atoms with Crippen molar-refractivity contribution in [3.05, 3.63) is 0 Å². The van der Waals surface area contributed by atoms with Crippen LogP contribution in [0.4, 0.5) is 0 Å². The average molecular weight is 212 g/mol. The van der Waals surface area contributed by atoms with E-state index in [-0.39, 0.29) is 0 Å². The van der Waals surface area contributed by atoms with Crippen LogP contribution in [-0.2, 0) is 0 Å². The standard InChI is InChI=1S/C13H28N2/c1-5-13(3,4)11-15-8-6-7-14-9-12(2)10-15/h12,14H,5-11H2,1-4H3. The first-order valence-electron chi connectivity index (χ1n) is 6.46. The van der Waals surface area contributed by atoms with E-state index < -0.39 is 0 Å². The van der Waals surface area contributed by atoms with E-state index in [0.29, 0.717) is 5.41 Å². The molecule has 2 heteroatoms. The Labute approximate surface area is 95.4 Å². The zero-order valence-corrected chi connectivity index (χ0v) is 11.0. The van der Waals surface area contributed by atoms with Gasteiger partial charge in [0.15, 0.2) is 0 Å². The Morgan fingerprint density at radius 1 is 1.40 bits per heavy atom. The van der Waals surface area contributed by atoms with E-state index >= 15 is 0 Å². The van der Waals surface area contributed by atoms with Crippen molar-refractivity contribution in [1.82, 2.24) is 10.2 Å². The van der Waals surface area contributed by atoms with Gasteiger partial charge in [0.2, 0.25) is 0 Å². The first kappa shape index (κ1) is 13.0. The number of nitrogens with one attached hydrogen (secondary N) is 1. The van der Waals surface area contributed by atoms with Crippen LogP contribution >= 0.6 is 0 Å². The summed E-state index contributed by atoms with van der Waals surface area (Å²) in [6.07, 6.45) is 2.57. The predicted molar refractivity (Wildman–Crippen MR) is 67.2 cm³/mol. The molecule has 0 aromatic rings. The molecule has 1 saturated heterocycles. The lowest BCUT2D eigenvalue weighted by molar-refractivity contribution is 0.145. The van der Waals surface area contributed by atoms with Crippen LogP contribution in [-0.4, -0.2) is 37.6 Å². The smallest absolute Gasteiger partial charge is 0.00327 e. The van der Waals surface area contributed by atoms with E-state index in [4.69, 9.17) is 0 Å². The molecule has 0 aromatic carbocycles. The molecular formula is C13H28N2. The van der Waals surface area contributed by atoms with Gasteiger partial charge in [-0.15, -0.1) is 0 Å². The van der Waals surface area contributed by atoms with E-state index in [1.807, 2.05) is 0 Å². The zero-order valence-electron chi connectivity index (χ0n) is 11.0. The molecule has 1 fully saturated rings. The summed E-state index contributed by atoms with van der Waals surface area (Å²) < 4.78 is 0. The summed E-state index contributed by atoms with van der Waals surface area (Å²) >= 11 is 0. The number of hydrogen-bond acceptors (Lipinski definition) is 2. The number of rotatable bonds is 3. The van der Waals surface area contributed by atoms with Crippen LogP contribution in [0.15, 0.2) is 0 Å². The van der Waals surface area contributed by atoms with E-state index in [1.54, 1.807) is 0 Å². The van der Waals surface area contributed by atoms with Crippen LogP contribution < -0.4 is 5.32 Å². The van der Waals surface area contributed by atoms with Crippen LogP contribution in [0.25, 0.3) is 0 Å². The molecule has 1 unspecified atom stereocenters. The Morgan fingerprint density at radius 3 is 2.80 bits per heavy atom. The molecule has 1 rings (SSSR count). The Kier molecular flexibility index (Phi) is 5.07. The molecule has 0 aromatic heterocycles. The van der Waals surface area contributed by atoms with Gasteiger partial charge in [0.05, 0.1) is 0 Å². The van der Waals surface area contributed by atoms with Gasteiger partial charge in [-0.25, -0.2) is 0 Å². The van der Waals surface area contributed by atoms with E-state index in [0.717, 1.165) is 5.92 Å². The Balaban J connectivity index is 2.43. The highest BCUT2D eigenvalue weighted by Crippen LogP contribution is 2.22. The molecule has 0 radical (unpaired) electrons. The lowest BCUT2D eigenvalue weighted by Crippen LogP contribution is -2.42. The van der Waals surface area contributed by atoms with E-state index in [9.17, 15) is 0 Å². The molecule has 0 aliphatic carbocycles. The first-order valence-corrected chi connectivity index (χ1v) is 6.46. The van der Waals surface area contributed by atoms with Crippen LogP contribution in [0.5, 0.6) is 0 Å². The van der Waals surface area contributed by atoms with Gasteiger partial charge in [-0.3, -0.25) is 0 Å². The van der Waals surface area contributed by atoms with Gasteiger partial charge in [0.25, 0.3) is 0 Å². The lowest BCUT2D eigenvalue weighted by atomic mass is 9.89. The highest BCUT2D eigenvalue weighted by molar-refractivity contribution is 4.76. The zero-order chi connectivity index (χ0) is 11.3. The van der Waals surface area contributed by atoms with Crippen molar-refractivity contribution in [2.45, 2.75) is 40.5 Å². The molecule has 0 amide bonds. The third kappa shape index (κ3) is 4.98. The van der Waals surface area contributed by atoms with Gasteiger partial charge in [0, 0.05) is 13.1 Å². The molecule has 15 heavy (non-hydrogen) atoms. The van der Waals surface area contributed by atoms with Gasteiger partial charge in [0.1, 0.15) is 0 Å². The van der Waals surface area contributed by atoms with Gasteiger partial charge in [-0.2, -0.15) is 0 Å². The topological polar surface area (TPSA) is 15.3 Å². The summed E-state index contributed by atoms with van der Waals surface area (Å²) in [6.45, 7) is 15.6. The number of hydrogen-bond donors (Lipinski definition) is 1. The molecule has 1 aliphatic heterocycles. The Morgan fingerprint density at radius 2 is 2.13 bits per heavy atom. The highest BCUT2D eigenvalue weighted by atomic mass is 15.1. The second-order valence-electron chi connectivity index (χ2n) is 5.92. The minimum absolute atomic E-state index is 0.479. The van der Waals surface area contributed by atoms with Crippen LogP contribution in [0.1, 0.15) is 40.5 Å². The second kappa shape index (κ2) is 5.86. The monoisotopic (exact) mass is 212 g/mol. The maximum Gasteiger partial charge on any atom is 0.00327 e. The molecule has 0 saturated carbocycles. The van der Waals surface area contributed by atoms with Crippen molar-refractivity contribution < 1.29 is 0 Å². The van der Waals surface area contributed by atoms with Gasteiger partial charge < -0.3 is 10.2 Å². The normalized spacial score (nSPS) is 26.0. The molecule has 1 atom stereocenters. The summed E-state index contributed by atoms with van der Waals surface area (Å²) in [7, 11) is 0. The maximum absolute atomic E-state index is 3.51.